The first-order valence-electron chi connectivity index (χ1n) is 14.1. The molecule has 0 saturated carbocycles. The molecule has 1 aliphatic rings. The topological polar surface area (TPSA) is 108 Å². The lowest BCUT2D eigenvalue weighted by molar-refractivity contribution is -0.137. The van der Waals surface area contributed by atoms with Gasteiger partial charge in [-0.1, -0.05) is 6.07 Å². The summed E-state index contributed by atoms with van der Waals surface area (Å²) < 4.78 is 42.3. The molecule has 9 nitrogen and oxygen atoms in total. The molecule has 0 saturated heterocycles. The van der Waals surface area contributed by atoms with E-state index in [-0.39, 0.29) is 17.4 Å². The number of nitrogens with one attached hydrogen (secondary N) is 3. The highest BCUT2D eigenvalue weighted by atomic mass is 19.4. The summed E-state index contributed by atoms with van der Waals surface area (Å²) in [6.07, 6.45) is 1.64. The van der Waals surface area contributed by atoms with Crippen molar-refractivity contribution in [2.75, 3.05) is 15.5 Å². The van der Waals surface area contributed by atoms with Gasteiger partial charge in [-0.2, -0.15) is 13.2 Å². The first kappa shape index (κ1) is 29.5. The van der Waals surface area contributed by atoms with Crippen LogP contribution in [0.2, 0.25) is 0 Å². The molecule has 1 aliphatic heterocycles. The van der Waals surface area contributed by atoms with Gasteiger partial charge in [0, 0.05) is 46.0 Å². The molecular weight excluding hydrogens is 581 g/mol. The van der Waals surface area contributed by atoms with Gasteiger partial charge >= 0.3 is 6.18 Å². The molecule has 0 radical (unpaired) electrons. The number of aryl methyl sites for hydroxylation is 2. The number of carbonyl (C=O) groups excluding carboxylic acids is 1. The maximum absolute atomic E-state index is 14.1. The molecule has 0 bridgehead atoms. The van der Waals surface area contributed by atoms with E-state index in [1.165, 1.54) is 17.0 Å². The molecule has 1 atom stereocenters. The summed E-state index contributed by atoms with van der Waals surface area (Å²) in [4.78, 5) is 32.5. The normalized spacial score (nSPS) is 14.7. The quantitative estimate of drug-likeness (QED) is 0.183. The third-order valence-corrected chi connectivity index (χ3v) is 7.43. The molecule has 1 amide bonds. The van der Waals surface area contributed by atoms with Crippen molar-refractivity contribution in [3.63, 3.8) is 0 Å². The monoisotopic (exact) mass is 610 g/mol. The zero-order valence-corrected chi connectivity index (χ0v) is 24.9. The number of allylic oxidation sites excluding steroid dienone is 1. The van der Waals surface area contributed by atoms with Crippen molar-refractivity contribution < 1.29 is 18.0 Å². The maximum atomic E-state index is 14.1. The van der Waals surface area contributed by atoms with Gasteiger partial charge < -0.3 is 20.9 Å². The van der Waals surface area contributed by atoms with E-state index in [9.17, 15) is 18.0 Å². The van der Waals surface area contributed by atoms with Gasteiger partial charge in [0.25, 0.3) is 5.91 Å². The number of hydrogen-bond donors (Lipinski definition) is 3. The zero-order chi connectivity index (χ0) is 31.9. The summed E-state index contributed by atoms with van der Waals surface area (Å²) in [5, 5.41) is 9.71. The molecule has 5 aromatic rings. The molecule has 0 spiro atoms. The minimum absolute atomic E-state index is 0.0325. The maximum Gasteiger partial charge on any atom is 0.418 e. The fraction of sp³-hybridized carbons (Fsp3) is 0.182. The number of pyridine rings is 2. The van der Waals surface area contributed by atoms with E-state index in [2.05, 4.69) is 35.9 Å². The summed E-state index contributed by atoms with van der Waals surface area (Å²) >= 11 is 0. The first-order chi connectivity index (χ1) is 21.4. The molecule has 0 aliphatic carbocycles. The van der Waals surface area contributed by atoms with Crippen molar-refractivity contribution in [3.05, 3.63) is 107 Å². The highest BCUT2D eigenvalue weighted by molar-refractivity contribution is 6.05. The summed E-state index contributed by atoms with van der Waals surface area (Å²) in [6.45, 7) is 7.36. The predicted molar refractivity (Wildman–Crippen MR) is 168 cm³/mol. The molecule has 3 aromatic heterocycles. The molecule has 2 aromatic carbocycles. The first-order valence-corrected chi connectivity index (χ1v) is 14.1. The van der Waals surface area contributed by atoms with Gasteiger partial charge in [0.05, 0.1) is 40.5 Å². The predicted octanol–water partition coefficient (Wildman–Crippen LogP) is 7.34. The van der Waals surface area contributed by atoms with E-state index >= 15 is 0 Å². The summed E-state index contributed by atoms with van der Waals surface area (Å²) in [6, 6.07) is 14.5. The van der Waals surface area contributed by atoms with Crippen LogP contribution in [0, 0.1) is 13.8 Å². The average molecular weight is 611 g/mol. The Labute approximate surface area is 257 Å². The van der Waals surface area contributed by atoms with Crippen molar-refractivity contribution >= 4 is 39.8 Å². The van der Waals surface area contributed by atoms with Crippen LogP contribution in [-0.2, 0) is 6.18 Å². The number of benzene rings is 2. The lowest BCUT2D eigenvalue weighted by Crippen LogP contribution is -2.34. The highest BCUT2D eigenvalue weighted by Gasteiger charge is 2.37. The third kappa shape index (κ3) is 6.26. The van der Waals surface area contributed by atoms with Crippen LogP contribution in [0.15, 0.2) is 85.1 Å². The second-order valence-electron chi connectivity index (χ2n) is 10.9. The number of halogens is 3. The van der Waals surface area contributed by atoms with Crippen LogP contribution < -0.4 is 20.9 Å². The van der Waals surface area contributed by atoms with Crippen molar-refractivity contribution in [2.24, 2.45) is 0 Å². The van der Waals surface area contributed by atoms with E-state index in [1.54, 1.807) is 50.8 Å². The van der Waals surface area contributed by atoms with E-state index in [4.69, 9.17) is 0 Å². The van der Waals surface area contributed by atoms with Gasteiger partial charge in [-0.15, -0.1) is 0 Å². The Balaban J connectivity index is 1.24. The smallest absolute Gasteiger partial charge is 0.368 e. The Morgan fingerprint density at radius 3 is 2.42 bits per heavy atom. The summed E-state index contributed by atoms with van der Waals surface area (Å²) in [5.74, 6) is -0.256. The van der Waals surface area contributed by atoms with E-state index < -0.39 is 17.6 Å². The molecule has 228 valence electrons. The molecular formula is C33H29F3N8O. The van der Waals surface area contributed by atoms with Crippen LogP contribution in [0.3, 0.4) is 0 Å². The number of rotatable bonds is 6. The summed E-state index contributed by atoms with van der Waals surface area (Å²) in [5.41, 5.74) is 4.69. The Hall–Kier alpha value is -5.52. The van der Waals surface area contributed by atoms with E-state index in [0.29, 0.717) is 22.8 Å². The van der Waals surface area contributed by atoms with Crippen LogP contribution in [0.1, 0.15) is 41.0 Å². The van der Waals surface area contributed by atoms with Crippen molar-refractivity contribution in [1.82, 2.24) is 25.3 Å². The minimum Gasteiger partial charge on any atom is -0.368 e. The fourth-order valence-electron chi connectivity index (χ4n) is 5.16. The van der Waals surface area contributed by atoms with Crippen LogP contribution in [0.4, 0.5) is 36.2 Å². The van der Waals surface area contributed by atoms with E-state index in [0.717, 1.165) is 39.7 Å². The number of amides is 1. The third-order valence-electron chi connectivity index (χ3n) is 7.43. The molecule has 1 unspecified atom stereocenters. The second kappa shape index (κ2) is 11.5. The Kier molecular flexibility index (Phi) is 7.57. The minimum atomic E-state index is -4.66. The summed E-state index contributed by atoms with van der Waals surface area (Å²) in [7, 11) is 0. The zero-order valence-electron chi connectivity index (χ0n) is 24.9. The SMILES string of the molecule is CC1=CN(c2ccc(C(=O)Nc3ccc(C)c(-c4cc5cnc(Nc6ccc(C)nc6)nc5cn4)c3)cc2C(F)(F)F)C(C)N1. The standard InChI is InChI=1S/C33H29F3N8O/c1-18-5-8-24(41-31(45)22-7-10-30(27(11-22)33(34,35)36)44-17-20(3)40-21(44)4)13-26(18)28-12-23-14-39-32(43-29(23)16-38-28)42-25-9-6-19(2)37-15-25/h5-17,21,40H,1-4H3,(H,41,45)(H,39,42,43). The largest absolute Gasteiger partial charge is 0.418 e. The van der Waals surface area contributed by atoms with Crippen molar-refractivity contribution in [2.45, 2.75) is 40.0 Å². The molecule has 45 heavy (non-hydrogen) atoms. The number of aromatic nitrogens is 4. The van der Waals surface area contributed by atoms with Gasteiger partial charge in [0.2, 0.25) is 5.95 Å². The molecule has 6 rings (SSSR count). The molecule has 4 heterocycles. The van der Waals surface area contributed by atoms with Crippen molar-refractivity contribution in [3.8, 4) is 11.3 Å². The number of alkyl halides is 3. The van der Waals surface area contributed by atoms with Crippen LogP contribution >= 0.6 is 0 Å². The van der Waals surface area contributed by atoms with Gasteiger partial charge in [0.1, 0.15) is 6.17 Å². The van der Waals surface area contributed by atoms with Crippen LogP contribution in [0.5, 0.6) is 0 Å². The highest BCUT2D eigenvalue weighted by Crippen LogP contribution is 2.39. The van der Waals surface area contributed by atoms with Crippen molar-refractivity contribution in [1.29, 1.82) is 0 Å². The number of hydrogen-bond acceptors (Lipinski definition) is 8. The number of fused-ring (bicyclic) bond motifs is 1. The lowest BCUT2D eigenvalue weighted by atomic mass is 10.0. The second-order valence-corrected chi connectivity index (χ2v) is 10.9. The van der Waals surface area contributed by atoms with E-state index in [1.807, 2.05) is 38.1 Å². The molecule has 3 N–H and O–H groups in total. The average Bonchev–Trinajstić information content (AvgIpc) is 3.35. The van der Waals surface area contributed by atoms with Gasteiger partial charge in [-0.25, -0.2) is 9.97 Å². The number of nitrogens with zero attached hydrogens (tertiary/aromatic N) is 5. The van der Waals surface area contributed by atoms with Gasteiger partial charge in [0.15, 0.2) is 0 Å². The Morgan fingerprint density at radius 1 is 0.911 bits per heavy atom. The number of carbonyl (C=O) groups is 1. The van der Waals surface area contributed by atoms with Gasteiger partial charge in [-0.3, -0.25) is 14.8 Å². The van der Waals surface area contributed by atoms with Crippen LogP contribution in [0.25, 0.3) is 22.2 Å². The molecule has 0 fully saturated rings. The molecule has 12 heteroatoms. The van der Waals surface area contributed by atoms with Gasteiger partial charge in [-0.05, 0) is 81.8 Å². The Morgan fingerprint density at radius 2 is 1.71 bits per heavy atom. The fourth-order valence-corrected chi connectivity index (χ4v) is 5.16. The Bertz CT molecular complexity index is 1960. The van der Waals surface area contributed by atoms with Crippen LogP contribution in [-0.4, -0.2) is 32.0 Å². The lowest BCUT2D eigenvalue weighted by Gasteiger charge is -2.26. The number of anilines is 4.